The molecule has 1 amide bonds. The number of halogens is 3. The van der Waals surface area contributed by atoms with Gasteiger partial charge in [0.15, 0.2) is 11.4 Å². The molecule has 4 aliphatic carbocycles. The number of aromatic hydroxyl groups is 1. The molecule has 0 saturated heterocycles. The van der Waals surface area contributed by atoms with E-state index in [0.717, 1.165) is 17.2 Å². The number of hydrogen-bond donors (Lipinski definition) is 5. The third kappa shape index (κ3) is 4.34. The van der Waals surface area contributed by atoms with Gasteiger partial charge in [-0.1, -0.05) is 31.2 Å². The Bertz CT molecular complexity index is 1670. The van der Waals surface area contributed by atoms with E-state index in [-0.39, 0.29) is 24.6 Å². The molecule has 3 atom stereocenters. The summed E-state index contributed by atoms with van der Waals surface area (Å²) in [5.74, 6) is -8.74. The molecule has 6 N–H and O–H groups in total. The molecule has 9 nitrogen and oxygen atoms in total. The third-order valence-electron chi connectivity index (χ3n) is 9.76. The number of nitrogens with two attached hydrogens (primary N) is 1. The third-order valence-corrected chi connectivity index (χ3v) is 9.76. The van der Waals surface area contributed by atoms with Crippen molar-refractivity contribution in [2.45, 2.75) is 63.4 Å². The number of rotatable bonds is 5. The number of benzene rings is 2. The molecule has 2 aromatic carbocycles. The minimum atomic E-state index is -4.90. The first-order chi connectivity index (χ1) is 20.7. The lowest BCUT2D eigenvalue weighted by atomic mass is 9.60. The molecule has 0 heterocycles. The normalized spacial score (nSPS) is 25.2. The van der Waals surface area contributed by atoms with Crippen molar-refractivity contribution in [3.63, 3.8) is 0 Å². The second kappa shape index (κ2) is 10.2. The zero-order chi connectivity index (χ0) is 31.9. The summed E-state index contributed by atoms with van der Waals surface area (Å²) < 4.78 is 44.6. The van der Waals surface area contributed by atoms with Crippen LogP contribution in [0.2, 0.25) is 0 Å². The number of ketones is 2. The lowest BCUT2D eigenvalue weighted by molar-refractivity contribution is -0.144. The van der Waals surface area contributed by atoms with Crippen LogP contribution in [0.25, 0.3) is 0 Å². The lowest BCUT2D eigenvalue weighted by Crippen LogP contribution is -2.57. The largest absolute Gasteiger partial charge is 0.511 e. The summed E-state index contributed by atoms with van der Waals surface area (Å²) in [5.41, 5.74) is 0.930. The van der Waals surface area contributed by atoms with Crippen LogP contribution >= 0.6 is 0 Å². The molecule has 0 spiro atoms. The number of carbonyl (C=O) groups is 3. The van der Waals surface area contributed by atoms with E-state index in [4.69, 9.17) is 5.73 Å². The van der Waals surface area contributed by atoms with Crippen molar-refractivity contribution in [1.82, 2.24) is 4.90 Å². The van der Waals surface area contributed by atoms with Crippen molar-refractivity contribution < 1.29 is 48.0 Å². The van der Waals surface area contributed by atoms with Crippen LogP contribution in [-0.2, 0) is 41.6 Å². The predicted molar refractivity (Wildman–Crippen MR) is 150 cm³/mol. The standard InChI is InChI=1S/C32H31F3N2O7/c1-2-37(19-8-14-5-3-4-6-15(14)9-19)13-17-11-21(38)24-20(26(17)32(33,34)35)10-16-7-18-12-22(39)25(30(36)43)29(42)31(18,44)28(41)23(16)27(24)40/h3-6,11,16,18-19,38-39,41,44H,2,7-10,12-13H2,1H3,(H2,36,43)/t16?,18-,31-/m0/s1. The van der Waals surface area contributed by atoms with Gasteiger partial charge in [0.05, 0.1) is 11.1 Å². The summed E-state index contributed by atoms with van der Waals surface area (Å²) in [6, 6.07) is 8.70. The van der Waals surface area contributed by atoms with Crippen LogP contribution in [0.3, 0.4) is 0 Å². The average Bonchev–Trinajstić information content (AvgIpc) is 3.36. The molecule has 12 heteroatoms. The van der Waals surface area contributed by atoms with Gasteiger partial charge in [-0.25, -0.2) is 0 Å². The highest BCUT2D eigenvalue weighted by atomic mass is 19.4. The second-order valence-corrected chi connectivity index (χ2v) is 12.1. The molecule has 0 bridgehead atoms. The zero-order valence-corrected chi connectivity index (χ0v) is 23.7. The average molecular weight is 613 g/mol. The Balaban J connectivity index is 1.43. The minimum absolute atomic E-state index is 0.0596. The molecular formula is C32H31F3N2O7. The molecule has 4 aliphatic rings. The molecule has 0 aromatic heterocycles. The van der Waals surface area contributed by atoms with Gasteiger partial charge in [-0.3, -0.25) is 19.3 Å². The summed E-state index contributed by atoms with van der Waals surface area (Å²) in [6.45, 7) is 2.15. The van der Waals surface area contributed by atoms with Gasteiger partial charge in [0, 0.05) is 30.5 Å². The van der Waals surface area contributed by atoms with Crippen LogP contribution < -0.4 is 5.73 Å². The van der Waals surface area contributed by atoms with Crippen molar-refractivity contribution in [2.24, 2.45) is 17.6 Å². The molecule has 2 aromatic rings. The SMILES string of the molecule is CCN(Cc1cc(O)c2c(c1C(F)(F)F)CC1C[C@H]3CC(O)=C(C(N)=O)C(=O)[C@@]3(O)C(O)=C1C2=O)C1Cc2ccccc2C1. The molecule has 1 unspecified atom stereocenters. The second-order valence-electron chi connectivity index (χ2n) is 12.1. The first-order valence-electron chi connectivity index (χ1n) is 14.4. The number of carbonyl (C=O) groups excluding carboxylic acids is 3. The topological polar surface area (TPSA) is 161 Å². The van der Waals surface area contributed by atoms with Crippen LogP contribution in [0.5, 0.6) is 5.75 Å². The van der Waals surface area contributed by atoms with Gasteiger partial charge in [-0.05, 0) is 66.5 Å². The Morgan fingerprint density at radius 2 is 1.70 bits per heavy atom. The fourth-order valence-electron chi connectivity index (χ4n) is 7.75. The van der Waals surface area contributed by atoms with Crippen LogP contribution in [0.15, 0.2) is 53.0 Å². The summed E-state index contributed by atoms with van der Waals surface area (Å²) in [6.07, 6.45) is -4.72. The maximum atomic E-state index is 14.9. The van der Waals surface area contributed by atoms with E-state index in [1.807, 2.05) is 36.1 Å². The van der Waals surface area contributed by atoms with Crippen molar-refractivity contribution >= 4 is 17.5 Å². The first-order valence-corrected chi connectivity index (χ1v) is 14.4. The number of likely N-dealkylation sites (N-methyl/N-ethyl adjacent to an activating group) is 1. The number of aliphatic hydroxyl groups excluding tert-OH is 2. The number of aliphatic hydroxyl groups is 3. The summed E-state index contributed by atoms with van der Waals surface area (Å²) in [4.78, 5) is 40.6. The highest BCUT2D eigenvalue weighted by molar-refractivity contribution is 6.24. The Morgan fingerprint density at radius 1 is 1.07 bits per heavy atom. The van der Waals surface area contributed by atoms with Crippen LogP contribution in [0.4, 0.5) is 13.2 Å². The Hall–Kier alpha value is -4.16. The monoisotopic (exact) mass is 612 g/mol. The molecule has 0 fully saturated rings. The number of allylic oxidation sites excluding steroid dienone is 2. The maximum Gasteiger partial charge on any atom is 0.417 e. The smallest absolute Gasteiger partial charge is 0.417 e. The van der Waals surface area contributed by atoms with E-state index in [1.54, 1.807) is 0 Å². The molecule has 232 valence electrons. The number of nitrogens with zero attached hydrogens (tertiary/aromatic N) is 1. The number of hydrogen-bond acceptors (Lipinski definition) is 8. The molecule has 44 heavy (non-hydrogen) atoms. The molecule has 6 rings (SSSR count). The first kappa shape index (κ1) is 29.9. The fraction of sp³-hybridized carbons (Fsp3) is 0.406. The van der Waals surface area contributed by atoms with Crippen molar-refractivity contribution in [3.8, 4) is 5.75 Å². The molecular weight excluding hydrogens is 581 g/mol. The quantitative estimate of drug-likeness (QED) is 0.320. The van der Waals surface area contributed by atoms with E-state index >= 15 is 0 Å². The van der Waals surface area contributed by atoms with E-state index < -0.39 is 99.0 Å². The Morgan fingerprint density at radius 3 is 2.27 bits per heavy atom. The number of Topliss-reactive ketones (excluding diaryl/α,β-unsaturated/α-hetero) is 2. The van der Waals surface area contributed by atoms with Gasteiger partial charge in [-0.2, -0.15) is 13.2 Å². The number of alkyl halides is 3. The van der Waals surface area contributed by atoms with Crippen molar-refractivity contribution in [2.75, 3.05) is 6.54 Å². The van der Waals surface area contributed by atoms with Gasteiger partial charge in [0.1, 0.15) is 22.8 Å². The molecule has 0 aliphatic heterocycles. The van der Waals surface area contributed by atoms with E-state index in [9.17, 15) is 48.0 Å². The van der Waals surface area contributed by atoms with E-state index in [2.05, 4.69) is 0 Å². The highest BCUT2D eigenvalue weighted by Gasteiger charge is 2.60. The predicted octanol–water partition coefficient (Wildman–Crippen LogP) is 3.59. The van der Waals surface area contributed by atoms with Crippen LogP contribution in [-0.4, -0.2) is 61.0 Å². The molecule has 0 radical (unpaired) electrons. The van der Waals surface area contributed by atoms with Gasteiger partial charge in [-0.15, -0.1) is 0 Å². The molecule has 0 saturated carbocycles. The summed E-state index contributed by atoms with van der Waals surface area (Å²) in [5, 5.41) is 43.9. The lowest BCUT2D eigenvalue weighted by Gasteiger charge is -2.45. The number of fused-ring (bicyclic) bond motifs is 4. The highest BCUT2D eigenvalue weighted by Crippen LogP contribution is 2.53. The minimum Gasteiger partial charge on any atom is -0.511 e. The van der Waals surface area contributed by atoms with Gasteiger partial charge >= 0.3 is 6.18 Å². The number of amides is 1. The Labute approximate surface area is 250 Å². The van der Waals surface area contributed by atoms with Crippen LogP contribution in [0, 0.1) is 11.8 Å². The number of phenolic OH excluding ortho intramolecular Hbond substituents is 1. The van der Waals surface area contributed by atoms with Gasteiger partial charge < -0.3 is 26.2 Å². The number of phenols is 1. The number of primary amides is 1. The van der Waals surface area contributed by atoms with Crippen LogP contribution in [0.1, 0.15) is 57.9 Å². The Kier molecular flexibility index (Phi) is 6.93. The van der Waals surface area contributed by atoms with Crippen molar-refractivity contribution in [3.05, 3.63) is 86.4 Å². The zero-order valence-electron chi connectivity index (χ0n) is 23.7. The van der Waals surface area contributed by atoms with Gasteiger partial charge in [0.25, 0.3) is 5.91 Å². The van der Waals surface area contributed by atoms with Gasteiger partial charge in [0.2, 0.25) is 5.78 Å². The van der Waals surface area contributed by atoms with E-state index in [1.165, 1.54) is 0 Å². The fourth-order valence-corrected chi connectivity index (χ4v) is 7.75. The maximum absolute atomic E-state index is 14.9. The van der Waals surface area contributed by atoms with Crippen molar-refractivity contribution in [1.29, 1.82) is 0 Å². The summed E-state index contributed by atoms with van der Waals surface area (Å²) >= 11 is 0. The van der Waals surface area contributed by atoms with E-state index in [0.29, 0.717) is 19.4 Å². The summed E-state index contributed by atoms with van der Waals surface area (Å²) in [7, 11) is 0.